The fourth-order valence-corrected chi connectivity index (χ4v) is 2.89. The number of nitrogens with one attached hydrogen (secondary N) is 1. The number of likely N-dealkylation sites (tertiary alicyclic amines) is 1. The van der Waals surface area contributed by atoms with E-state index < -0.39 is 0 Å². The summed E-state index contributed by atoms with van der Waals surface area (Å²) in [5, 5.41) is 13.4. The molecule has 0 saturated carbocycles. The number of hydrogen-bond donors (Lipinski definition) is 2. The normalized spacial score (nSPS) is 22.0. The van der Waals surface area contributed by atoms with E-state index in [1.54, 1.807) is 25.1 Å². The molecule has 1 saturated heterocycles. The number of aliphatic hydroxyl groups excluding tert-OH is 1. The Morgan fingerprint density at radius 2 is 2.14 bits per heavy atom. The van der Waals surface area contributed by atoms with Crippen molar-refractivity contribution in [1.29, 1.82) is 0 Å². The maximum absolute atomic E-state index is 12.3. The highest BCUT2D eigenvalue weighted by Crippen LogP contribution is 2.26. The third-order valence-electron chi connectivity index (χ3n) is 4.05. The predicted molar refractivity (Wildman–Crippen MR) is 85.9 cm³/mol. The van der Waals surface area contributed by atoms with Crippen LogP contribution in [0.1, 0.15) is 20.3 Å². The van der Waals surface area contributed by atoms with Crippen molar-refractivity contribution in [3.05, 3.63) is 28.2 Å². The van der Waals surface area contributed by atoms with Gasteiger partial charge in [0.25, 0.3) is 0 Å². The number of carbonyl (C=O) groups excluding carboxylic acids is 1. The van der Waals surface area contributed by atoms with Crippen LogP contribution in [-0.2, 0) is 4.79 Å². The van der Waals surface area contributed by atoms with E-state index in [4.69, 9.17) is 23.2 Å². The van der Waals surface area contributed by atoms with E-state index in [2.05, 4.69) is 10.2 Å². The quantitative estimate of drug-likeness (QED) is 0.892. The van der Waals surface area contributed by atoms with Gasteiger partial charge in [0.05, 0.1) is 22.9 Å². The molecule has 3 atom stereocenters. The average molecular weight is 331 g/mol. The SMILES string of the molecule is CC(O)C1CCN(C(C)C(=O)Nc2cc(Cl)ccc2Cl)C1. The zero-order valence-corrected chi connectivity index (χ0v) is 13.7. The number of nitrogens with zero attached hydrogens (tertiary/aromatic N) is 1. The van der Waals surface area contributed by atoms with Crippen molar-refractivity contribution < 1.29 is 9.90 Å². The van der Waals surface area contributed by atoms with Crippen molar-refractivity contribution in [2.75, 3.05) is 18.4 Å². The number of rotatable bonds is 4. The van der Waals surface area contributed by atoms with Crippen LogP contribution in [0.25, 0.3) is 0 Å². The van der Waals surface area contributed by atoms with Crippen LogP contribution in [0.3, 0.4) is 0 Å². The van der Waals surface area contributed by atoms with Crippen molar-refractivity contribution in [3.63, 3.8) is 0 Å². The van der Waals surface area contributed by atoms with Crippen molar-refractivity contribution >= 4 is 34.8 Å². The lowest BCUT2D eigenvalue weighted by Gasteiger charge is -2.24. The van der Waals surface area contributed by atoms with Crippen LogP contribution < -0.4 is 5.32 Å². The van der Waals surface area contributed by atoms with E-state index in [0.29, 0.717) is 15.7 Å². The Kier molecular flexibility index (Phi) is 5.49. The Labute approximate surface area is 135 Å². The molecule has 1 aromatic rings. The van der Waals surface area contributed by atoms with Crippen LogP contribution in [0.4, 0.5) is 5.69 Å². The zero-order valence-electron chi connectivity index (χ0n) is 12.1. The van der Waals surface area contributed by atoms with Crippen LogP contribution >= 0.6 is 23.2 Å². The van der Waals surface area contributed by atoms with E-state index in [9.17, 15) is 9.90 Å². The summed E-state index contributed by atoms with van der Waals surface area (Å²) in [5.41, 5.74) is 0.521. The minimum atomic E-state index is -0.340. The molecule has 0 aromatic heterocycles. The lowest BCUT2D eigenvalue weighted by molar-refractivity contribution is -0.120. The standard InChI is InChI=1S/C15H20Cl2N2O2/c1-9(19-6-5-11(8-19)10(2)20)15(21)18-14-7-12(16)3-4-13(14)17/h3-4,7,9-11,20H,5-6,8H2,1-2H3,(H,18,21). The molecule has 116 valence electrons. The molecule has 1 aliphatic rings. The van der Waals surface area contributed by atoms with Gasteiger partial charge in [-0.25, -0.2) is 0 Å². The topological polar surface area (TPSA) is 52.6 Å². The fraction of sp³-hybridized carbons (Fsp3) is 0.533. The number of aliphatic hydroxyl groups is 1. The number of halogens is 2. The molecule has 0 spiro atoms. The second-order valence-electron chi connectivity index (χ2n) is 5.57. The molecule has 1 fully saturated rings. The van der Waals surface area contributed by atoms with Crippen molar-refractivity contribution in [2.45, 2.75) is 32.4 Å². The molecule has 1 amide bonds. The first kappa shape index (κ1) is 16.6. The molecule has 0 aliphatic carbocycles. The van der Waals surface area contributed by atoms with Crippen LogP contribution in [0.2, 0.25) is 10.0 Å². The highest BCUT2D eigenvalue weighted by Gasteiger charge is 2.31. The van der Waals surface area contributed by atoms with Crippen LogP contribution in [0, 0.1) is 5.92 Å². The Morgan fingerprint density at radius 1 is 1.43 bits per heavy atom. The molecule has 0 radical (unpaired) electrons. The first-order valence-electron chi connectivity index (χ1n) is 7.06. The van der Waals surface area contributed by atoms with Crippen molar-refractivity contribution in [1.82, 2.24) is 4.90 Å². The Hall–Kier alpha value is -0.810. The molecular formula is C15H20Cl2N2O2. The maximum Gasteiger partial charge on any atom is 0.241 e. The molecular weight excluding hydrogens is 311 g/mol. The molecule has 1 aliphatic heterocycles. The summed E-state index contributed by atoms with van der Waals surface area (Å²) in [6.07, 6.45) is 0.570. The summed E-state index contributed by atoms with van der Waals surface area (Å²) in [6, 6.07) is 4.70. The first-order chi connectivity index (χ1) is 9.88. The van der Waals surface area contributed by atoms with Gasteiger partial charge in [-0.3, -0.25) is 9.69 Å². The summed E-state index contributed by atoms with van der Waals surface area (Å²) >= 11 is 12.0. The average Bonchev–Trinajstić information content (AvgIpc) is 2.91. The molecule has 2 N–H and O–H groups in total. The third-order valence-corrected chi connectivity index (χ3v) is 4.62. The number of carbonyl (C=O) groups is 1. The van der Waals surface area contributed by atoms with E-state index in [-0.39, 0.29) is 24.0 Å². The second-order valence-corrected chi connectivity index (χ2v) is 6.42. The number of benzene rings is 1. The predicted octanol–water partition coefficient (Wildman–Crippen LogP) is 3.02. The van der Waals surface area contributed by atoms with Gasteiger partial charge in [-0.05, 0) is 50.9 Å². The second kappa shape index (κ2) is 6.97. The highest BCUT2D eigenvalue weighted by atomic mass is 35.5. The smallest absolute Gasteiger partial charge is 0.241 e. The van der Waals surface area contributed by atoms with Gasteiger partial charge in [0, 0.05) is 11.6 Å². The Balaban J connectivity index is 1.99. The Morgan fingerprint density at radius 3 is 2.76 bits per heavy atom. The van der Waals surface area contributed by atoms with E-state index in [1.807, 2.05) is 6.92 Å². The van der Waals surface area contributed by atoms with E-state index in [0.717, 1.165) is 19.5 Å². The van der Waals surface area contributed by atoms with Gasteiger partial charge in [-0.2, -0.15) is 0 Å². The minimum absolute atomic E-state index is 0.120. The molecule has 1 heterocycles. The van der Waals surface area contributed by atoms with Gasteiger partial charge in [0.2, 0.25) is 5.91 Å². The summed E-state index contributed by atoms with van der Waals surface area (Å²) in [6.45, 7) is 5.20. The number of amides is 1. The fourth-order valence-electron chi connectivity index (χ4n) is 2.56. The molecule has 6 heteroatoms. The summed E-state index contributed by atoms with van der Waals surface area (Å²) in [4.78, 5) is 14.4. The van der Waals surface area contributed by atoms with Gasteiger partial charge in [0.15, 0.2) is 0 Å². The van der Waals surface area contributed by atoms with Crippen molar-refractivity contribution in [2.24, 2.45) is 5.92 Å². The third kappa shape index (κ3) is 4.10. The lowest BCUT2D eigenvalue weighted by atomic mass is 10.0. The molecule has 2 rings (SSSR count). The Bertz CT molecular complexity index is 522. The number of anilines is 1. The summed E-state index contributed by atoms with van der Waals surface area (Å²) in [5.74, 6) is 0.111. The van der Waals surface area contributed by atoms with E-state index in [1.165, 1.54) is 0 Å². The molecule has 1 aromatic carbocycles. The van der Waals surface area contributed by atoms with Gasteiger partial charge >= 0.3 is 0 Å². The largest absolute Gasteiger partial charge is 0.393 e. The number of hydrogen-bond acceptors (Lipinski definition) is 3. The van der Waals surface area contributed by atoms with Gasteiger partial charge in [-0.15, -0.1) is 0 Å². The molecule has 3 unspecified atom stereocenters. The van der Waals surface area contributed by atoms with Crippen molar-refractivity contribution in [3.8, 4) is 0 Å². The zero-order chi connectivity index (χ0) is 15.6. The van der Waals surface area contributed by atoms with Gasteiger partial charge in [0.1, 0.15) is 0 Å². The van der Waals surface area contributed by atoms with Crippen LogP contribution in [-0.4, -0.2) is 41.1 Å². The summed E-state index contributed by atoms with van der Waals surface area (Å²) in [7, 11) is 0. The minimum Gasteiger partial charge on any atom is -0.393 e. The molecule has 21 heavy (non-hydrogen) atoms. The highest BCUT2D eigenvalue weighted by molar-refractivity contribution is 6.35. The molecule has 0 bridgehead atoms. The van der Waals surface area contributed by atoms with Gasteiger partial charge < -0.3 is 10.4 Å². The van der Waals surface area contributed by atoms with Gasteiger partial charge in [-0.1, -0.05) is 23.2 Å². The van der Waals surface area contributed by atoms with Crippen LogP contribution in [0.15, 0.2) is 18.2 Å². The monoisotopic (exact) mass is 330 g/mol. The van der Waals surface area contributed by atoms with E-state index >= 15 is 0 Å². The molecule has 4 nitrogen and oxygen atoms in total. The van der Waals surface area contributed by atoms with Crippen LogP contribution in [0.5, 0.6) is 0 Å². The maximum atomic E-state index is 12.3. The first-order valence-corrected chi connectivity index (χ1v) is 7.82. The lowest BCUT2D eigenvalue weighted by Crippen LogP contribution is -2.41. The summed E-state index contributed by atoms with van der Waals surface area (Å²) < 4.78 is 0.